The summed E-state index contributed by atoms with van der Waals surface area (Å²) >= 11 is 0. The van der Waals surface area contributed by atoms with Gasteiger partial charge in [-0.15, -0.1) is 0 Å². The minimum absolute atomic E-state index is 0.396. The minimum Gasteiger partial charge on any atom is -0.493 e. The molecule has 0 amide bonds. The van der Waals surface area contributed by atoms with Crippen molar-refractivity contribution in [3.63, 3.8) is 0 Å². The molecule has 20 heteroatoms. The van der Waals surface area contributed by atoms with Gasteiger partial charge in [0.1, 0.15) is 11.3 Å². The Balaban J connectivity index is 3.15. The van der Waals surface area contributed by atoms with Crippen LogP contribution in [0.3, 0.4) is 0 Å². The van der Waals surface area contributed by atoms with Gasteiger partial charge in [-0.3, -0.25) is 0 Å². The molecular weight excluding hydrogens is 599 g/mol. The predicted octanol–water partition coefficient (Wildman–Crippen LogP) is 7.94. The van der Waals surface area contributed by atoms with Gasteiger partial charge >= 0.3 is 53.6 Å². The molecule has 39 heavy (non-hydrogen) atoms. The van der Waals surface area contributed by atoms with Crippen LogP contribution in [0.1, 0.15) is 29.6 Å². The normalized spacial score (nSPS) is 14.9. The number of halogens is 17. The van der Waals surface area contributed by atoms with Crippen LogP contribution in [0.15, 0.2) is 24.3 Å². The quantitative estimate of drug-likeness (QED) is 0.182. The van der Waals surface area contributed by atoms with Gasteiger partial charge in [0, 0.05) is 6.42 Å². The maximum absolute atomic E-state index is 13.8. The standard InChI is InChI=1S/C19H13F17O3/c20-12(21,7-3-4-8-39-10-6-2-1-5-9(10)11(37)38)13(22,23)14(24,25)15(26,27)16(28,29)17(30,31)18(32,33)19(34,35)36/h1-2,5-6H,3-4,7-8H2,(H,37,38). The maximum Gasteiger partial charge on any atom is 0.460 e. The molecule has 0 aliphatic carbocycles. The Morgan fingerprint density at radius 2 is 1.03 bits per heavy atom. The van der Waals surface area contributed by atoms with Gasteiger partial charge in [-0.1, -0.05) is 12.1 Å². The van der Waals surface area contributed by atoms with E-state index >= 15 is 0 Å². The number of carboxylic acids is 1. The second-order valence-electron chi connectivity index (χ2n) is 7.76. The number of carbonyl (C=O) groups is 1. The van der Waals surface area contributed by atoms with E-state index in [9.17, 15) is 79.4 Å². The number of rotatable bonds is 13. The van der Waals surface area contributed by atoms with Crippen LogP contribution in [-0.4, -0.2) is 65.3 Å². The lowest BCUT2D eigenvalue weighted by Gasteiger charge is -2.42. The van der Waals surface area contributed by atoms with E-state index in [4.69, 9.17) is 9.84 Å². The van der Waals surface area contributed by atoms with Crippen LogP contribution in [0.2, 0.25) is 0 Å². The lowest BCUT2D eigenvalue weighted by Crippen LogP contribution is -2.74. The highest BCUT2D eigenvalue weighted by Crippen LogP contribution is 2.64. The number of aromatic carboxylic acids is 1. The summed E-state index contributed by atoms with van der Waals surface area (Å²) in [6.45, 7) is -0.796. The smallest absolute Gasteiger partial charge is 0.460 e. The Labute approximate surface area is 205 Å². The Morgan fingerprint density at radius 1 is 0.615 bits per heavy atom. The number of alkyl halides is 17. The lowest BCUT2D eigenvalue weighted by molar-refractivity contribution is -0.461. The monoisotopic (exact) mass is 612 g/mol. The van der Waals surface area contributed by atoms with Crippen molar-refractivity contribution in [2.75, 3.05) is 6.61 Å². The maximum atomic E-state index is 13.8. The lowest BCUT2D eigenvalue weighted by atomic mass is 9.88. The zero-order valence-electron chi connectivity index (χ0n) is 18.3. The summed E-state index contributed by atoms with van der Waals surface area (Å²) < 4.78 is 229. The van der Waals surface area contributed by atoms with E-state index in [0.717, 1.165) is 12.1 Å². The molecule has 1 rings (SSSR count). The largest absolute Gasteiger partial charge is 0.493 e. The highest BCUT2D eigenvalue weighted by molar-refractivity contribution is 5.90. The second kappa shape index (κ2) is 10.4. The van der Waals surface area contributed by atoms with E-state index in [1.54, 1.807) is 0 Å². The molecule has 0 heterocycles. The van der Waals surface area contributed by atoms with E-state index in [1.807, 2.05) is 0 Å². The van der Waals surface area contributed by atoms with Crippen molar-refractivity contribution >= 4 is 5.97 Å². The zero-order valence-corrected chi connectivity index (χ0v) is 18.3. The first-order chi connectivity index (χ1) is 17.1. The summed E-state index contributed by atoms with van der Waals surface area (Å²) in [4.78, 5) is 11.0. The highest BCUT2D eigenvalue weighted by atomic mass is 19.4. The summed E-state index contributed by atoms with van der Waals surface area (Å²) in [5, 5.41) is 8.91. The molecule has 0 radical (unpaired) electrons. The molecule has 0 aliphatic rings. The molecule has 0 saturated carbocycles. The second-order valence-corrected chi connectivity index (χ2v) is 7.76. The molecule has 0 spiro atoms. The Hall–Kier alpha value is -2.70. The third kappa shape index (κ3) is 5.51. The van der Waals surface area contributed by atoms with Crippen LogP contribution in [0.4, 0.5) is 74.6 Å². The highest BCUT2D eigenvalue weighted by Gasteiger charge is 2.95. The van der Waals surface area contributed by atoms with Gasteiger partial charge in [0.25, 0.3) is 0 Å². The topological polar surface area (TPSA) is 46.5 Å². The fraction of sp³-hybridized carbons (Fsp3) is 0.632. The molecule has 1 N–H and O–H groups in total. The van der Waals surface area contributed by atoms with Gasteiger partial charge in [0.05, 0.1) is 6.61 Å². The van der Waals surface area contributed by atoms with Crippen LogP contribution >= 0.6 is 0 Å². The molecule has 0 fully saturated rings. The molecule has 0 atom stereocenters. The third-order valence-corrected chi connectivity index (χ3v) is 5.05. The van der Waals surface area contributed by atoms with E-state index in [-0.39, 0.29) is 0 Å². The first-order valence-corrected chi connectivity index (χ1v) is 9.81. The van der Waals surface area contributed by atoms with E-state index in [2.05, 4.69) is 0 Å². The van der Waals surface area contributed by atoms with E-state index < -0.39 is 90.8 Å². The average molecular weight is 612 g/mol. The third-order valence-electron chi connectivity index (χ3n) is 5.05. The number of hydrogen-bond donors (Lipinski definition) is 1. The van der Waals surface area contributed by atoms with Crippen LogP contribution in [0, 0.1) is 0 Å². The van der Waals surface area contributed by atoms with E-state index in [0.29, 0.717) is 0 Å². The van der Waals surface area contributed by atoms with Crippen molar-refractivity contribution in [2.24, 2.45) is 0 Å². The van der Waals surface area contributed by atoms with Crippen LogP contribution in [0.5, 0.6) is 5.75 Å². The molecule has 1 aromatic carbocycles. The number of para-hydroxylation sites is 1. The van der Waals surface area contributed by atoms with Crippen molar-refractivity contribution in [3.8, 4) is 5.75 Å². The Bertz CT molecular complexity index is 1020. The molecule has 226 valence electrons. The van der Waals surface area contributed by atoms with Gasteiger partial charge in [-0.05, 0) is 25.0 Å². The number of ether oxygens (including phenoxy) is 1. The first-order valence-electron chi connectivity index (χ1n) is 9.81. The fourth-order valence-corrected chi connectivity index (χ4v) is 2.75. The number of hydrogen-bond acceptors (Lipinski definition) is 2. The predicted molar refractivity (Wildman–Crippen MR) is 93.4 cm³/mol. The molecule has 0 saturated heterocycles. The summed E-state index contributed by atoms with van der Waals surface area (Å²) in [5.41, 5.74) is -0.481. The molecule has 1 aromatic rings. The van der Waals surface area contributed by atoms with Crippen molar-refractivity contribution in [1.82, 2.24) is 0 Å². The summed E-state index contributed by atoms with van der Waals surface area (Å²) in [5.74, 6) is -58.4. The van der Waals surface area contributed by atoms with Crippen molar-refractivity contribution < 1.29 is 89.3 Å². The SMILES string of the molecule is O=C(O)c1ccccc1OCCCCC(F)(F)C(F)(F)C(F)(F)C(F)(F)C(F)(F)C(F)(F)C(F)(F)C(F)(F)F. The van der Waals surface area contributed by atoms with Crippen molar-refractivity contribution in [1.29, 1.82) is 0 Å². The minimum atomic E-state index is -8.66. The fourth-order valence-electron chi connectivity index (χ4n) is 2.75. The van der Waals surface area contributed by atoms with Crippen molar-refractivity contribution in [3.05, 3.63) is 29.8 Å². The molecule has 0 unspecified atom stereocenters. The van der Waals surface area contributed by atoms with Gasteiger partial charge < -0.3 is 9.84 Å². The molecule has 0 bridgehead atoms. The molecular formula is C19H13F17O3. The zero-order chi connectivity index (χ0) is 31.1. The van der Waals surface area contributed by atoms with Gasteiger partial charge in [0.2, 0.25) is 0 Å². The molecule has 0 aliphatic heterocycles. The van der Waals surface area contributed by atoms with Gasteiger partial charge in [-0.25, -0.2) is 4.79 Å². The molecule has 3 nitrogen and oxygen atoms in total. The van der Waals surface area contributed by atoms with Crippen LogP contribution < -0.4 is 4.74 Å². The van der Waals surface area contributed by atoms with Crippen molar-refractivity contribution in [2.45, 2.75) is 66.9 Å². The van der Waals surface area contributed by atoms with Gasteiger partial charge in [-0.2, -0.15) is 74.6 Å². The molecule has 0 aromatic heterocycles. The Morgan fingerprint density at radius 3 is 1.46 bits per heavy atom. The number of unbranched alkanes of at least 4 members (excludes halogenated alkanes) is 1. The summed E-state index contributed by atoms with van der Waals surface area (Å²) in [6, 6.07) is 4.48. The average Bonchev–Trinajstić information content (AvgIpc) is 2.77. The van der Waals surface area contributed by atoms with E-state index in [1.165, 1.54) is 12.1 Å². The Kier molecular flexibility index (Phi) is 9.12. The summed E-state index contributed by atoms with van der Waals surface area (Å²) in [7, 11) is 0. The van der Waals surface area contributed by atoms with Gasteiger partial charge in [0.15, 0.2) is 0 Å². The number of benzene rings is 1. The number of carboxylic acid groups (broad SMARTS) is 1. The summed E-state index contributed by atoms with van der Waals surface area (Å²) in [6.07, 6.45) is -12.6. The van der Waals surface area contributed by atoms with Crippen LogP contribution in [-0.2, 0) is 0 Å². The first kappa shape index (κ1) is 34.3. The van der Waals surface area contributed by atoms with Crippen LogP contribution in [0.25, 0.3) is 0 Å².